The normalized spacial score (nSPS) is 14.5. The van der Waals surface area contributed by atoms with Crippen LogP contribution in [0.4, 0.5) is 11.4 Å². The fourth-order valence-corrected chi connectivity index (χ4v) is 3.57. The van der Waals surface area contributed by atoms with Crippen LogP contribution < -0.4 is 15.0 Å². The van der Waals surface area contributed by atoms with Gasteiger partial charge in [-0.1, -0.05) is 23.7 Å². The number of para-hydroxylation sites is 1. The van der Waals surface area contributed by atoms with Gasteiger partial charge in [0, 0.05) is 37.6 Å². The molecule has 30 heavy (non-hydrogen) atoms. The molecule has 156 valence electrons. The van der Waals surface area contributed by atoms with Crippen molar-refractivity contribution in [2.45, 2.75) is 6.61 Å². The van der Waals surface area contributed by atoms with Gasteiger partial charge in [0.15, 0.2) is 5.76 Å². The summed E-state index contributed by atoms with van der Waals surface area (Å²) in [5, 5.41) is 3.43. The maximum Gasteiger partial charge on any atom is 0.259 e. The fourth-order valence-electron chi connectivity index (χ4n) is 3.38. The summed E-state index contributed by atoms with van der Waals surface area (Å²) in [6.45, 7) is 4.23. The van der Waals surface area contributed by atoms with E-state index in [1.165, 1.54) is 12.0 Å². The quantitative estimate of drug-likeness (QED) is 0.629. The third-order valence-electron chi connectivity index (χ3n) is 5.18. The van der Waals surface area contributed by atoms with Gasteiger partial charge in [-0.2, -0.15) is 0 Å². The number of halogens is 1. The van der Waals surface area contributed by atoms with Gasteiger partial charge in [0.25, 0.3) is 5.91 Å². The zero-order valence-corrected chi connectivity index (χ0v) is 17.6. The Hall–Kier alpha value is -2.96. The Morgan fingerprint density at radius 1 is 1.07 bits per heavy atom. The molecule has 0 spiro atoms. The van der Waals surface area contributed by atoms with E-state index in [2.05, 4.69) is 22.2 Å². The lowest BCUT2D eigenvalue weighted by molar-refractivity contribution is 0.102. The summed E-state index contributed by atoms with van der Waals surface area (Å²) >= 11 is 6.11. The largest absolute Gasteiger partial charge is 0.484 e. The number of hydrogen-bond acceptors (Lipinski definition) is 5. The molecular formula is C23H24ClN3O3. The van der Waals surface area contributed by atoms with E-state index in [9.17, 15) is 4.79 Å². The Morgan fingerprint density at radius 3 is 2.53 bits per heavy atom. The van der Waals surface area contributed by atoms with Crippen molar-refractivity contribution in [1.82, 2.24) is 4.90 Å². The SMILES string of the molecule is CN1CCN(c2ccc(NC(=O)c3ccoc3COc3ccccc3Cl)cc2)CC1. The van der Waals surface area contributed by atoms with Gasteiger partial charge in [-0.15, -0.1) is 0 Å². The zero-order chi connectivity index (χ0) is 20.9. The Bertz CT molecular complexity index is 995. The Balaban J connectivity index is 1.37. The standard InChI is InChI=1S/C23H24ClN3O3/c1-26-11-13-27(14-12-26)18-8-6-17(7-9-18)25-23(28)19-10-15-29-22(19)16-30-21-5-3-2-4-20(21)24/h2-10,15H,11-14,16H2,1H3,(H,25,28). The number of furan rings is 1. The Labute approximate surface area is 181 Å². The molecular weight excluding hydrogens is 402 g/mol. The molecule has 2 aromatic carbocycles. The number of rotatable bonds is 6. The number of carbonyl (C=O) groups is 1. The van der Waals surface area contributed by atoms with Crippen LogP contribution in [0.15, 0.2) is 65.3 Å². The first kappa shape index (κ1) is 20.3. The Morgan fingerprint density at radius 2 is 1.80 bits per heavy atom. The second-order valence-corrected chi connectivity index (χ2v) is 7.68. The molecule has 0 atom stereocenters. The molecule has 7 heteroatoms. The van der Waals surface area contributed by atoms with Crippen LogP contribution in [0.25, 0.3) is 0 Å². The second-order valence-electron chi connectivity index (χ2n) is 7.27. The lowest BCUT2D eigenvalue weighted by Gasteiger charge is -2.34. The summed E-state index contributed by atoms with van der Waals surface area (Å²) in [5.41, 5.74) is 2.33. The molecule has 0 unspecified atom stereocenters. The summed E-state index contributed by atoms with van der Waals surface area (Å²) in [4.78, 5) is 17.4. The third kappa shape index (κ3) is 4.78. The molecule has 0 bridgehead atoms. The highest BCUT2D eigenvalue weighted by Crippen LogP contribution is 2.25. The van der Waals surface area contributed by atoms with Crippen molar-refractivity contribution < 1.29 is 13.9 Å². The minimum Gasteiger partial charge on any atom is -0.484 e. The number of anilines is 2. The van der Waals surface area contributed by atoms with Gasteiger partial charge in [-0.3, -0.25) is 4.79 Å². The van der Waals surface area contributed by atoms with Crippen molar-refractivity contribution in [3.8, 4) is 5.75 Å². The minimum atomic E-state index is -0.242. The molecule has 1 amide bonds. The van der Waals surface area contributed by atoms with Crippen LogP contribution in [-0.4, -0.2) is 44.0 Å². The second kappa shape index (κ2) is 9.24. The number of amides is 1. The van der Waals surface area contributed by atoms with Crippen LogP contribution in [0.2, 0.25) is 5.02 Å². The lowest BCUT2D eigenvalue weighted by Crippen LogP contribution is -2.44. The Kier molecular flexibility index (Phi) is 6.26. The molecule has 1 saturated heterocycles. The third-order valence-corrected chi connectivity index (χ3v) is 5.49. The van der Waals surface area contributed by atoms with E-state index in [1.54, 1.807) is 18.2 Å². The van der Waals surface area contributed by atoms with Crippen LogP contribution in [0.3, 0.4) is 0 Å². The van der Waals surface area contributed by atoms with Crippen LogP contribution in [0, 0.1) is 0 Å². The molecule has 0 aliphatic carbocycles. The summed E-state index contributed by atoms with van der Waals surface area (Å²) in [6.07, 6.45) is 1.48. The van der Waals surface area contributed by atoms with E-state index < -0.39 is 0 Å². The van der Waals surface area contributed by atoms with Crippen molar-refractivity contribution in [2.75, 3.05) is 43.4 Å². The van der Waals surface area contributed by atoms with E-state index in [1.807, 2.05) is 36.4 Å². The maximum absolute atomic E-state index is 12.7. The summed E-state index contributed by atoms with van der Waals surface area (Å²) in [6, 6.07) is 16.7. The van der Waals surface area contributed by atoms with E-state index in [0.29, 0.717) is 22.1 Å². The predicted molar refractivity (Wildman–Crippen MR) is 119 cm³/mol. The first-order valence-electron chi connectivity index (χ1n) is 9.89. The summed E-state index contributed by atoms with van der Waals surface area (Å²) < 4.78 is 11.2. The molecule has 3 aromatic rings. The molecule has 4 rings (SSSR count). The molecule has 1 aliphatic rings. The highest BCUT2D eigenvalue weighted by Gasteiger charge is 2.17. The van der Waals surface area contributed by atoms with Crippen LogP contribution in [0.1, 0.15) is 16.1 Å². The van der Waals surface area contributed by atoms with Crippen molar-refractivity contribution >= 4 is 28.9 Å². The maximum atomic E-state index is 12.7. The summed E-state index contributed by atoms with van der Waals surface area (Å²) in [5.74, 6) is 0.747. The number of likely N-dealkylation sites (N-methyl/N-ethyl adjacent to an activating group) is 1. The van der Waals surface area contributed by atoms with Gasteiger partial charge < -0.3 is 24.3 Å². The van der Waals surface area contributed by atoms with Gasteiger partial charge in [0.05, 0.1) is 16.8 Å². The molecule has 0 saturated carbocycles. The molecule has 1 N–H and O–H groups in total. The number of benzene rings is 2. The average molecular weight is 426 g/mol. The van der Waals surface area contributed by atoms with Crippen molar-refractivity contribution in [2.24, 2.45) is 0 Å². The minimum absolute atomic E-state index is 0.113. The van der Waals surface area contributed by atoms with Crippen LogP contribution >= 0.6 is 11.6 Å². The predicted octanol–water partition coefficient (Wildman–Crippen LogP) is 4.52. The van der Waals surface area contributed by atoms with E-state index in [0.717, 1.165) is 31.9 Å². The van der Waals surface area contributed by atoms with E-state index in [4.69, 9.17) is 20.8 Å². The lowest BCUT2D eigenvalue weighted by atomic mass is 10.2. The highest BCUT2D eigenvalue weighted by atomic mass is 35.5. The zero-order valence-electron chi connectivity index (χ0n) is 16.8. The van der Waals surface area contributed by atoms with Crippen molar-refractivity contribution in [3.63, 3.8) is 0 Å². The van der Waals surface area contributed by atoms with E-state index in [-0.39, 0.29) is 12.5 Å². The number of ether oxygens (including phenoxy) is 1. The molecule has 6 nitrogen and oxygen atoms in total. The first-order valence-corrected chi connectivity index (χ1v) is 10.3. The molecule has 1 aromatic heterocycles. The number of carbonyl (C=O) groups excluding carboxylic acids is 1. The monoisotopic (exact) mass is 425 g/mol. The molecule has 1 aliphatic heterocycles. The van der Waals surface area contributed by atoms with Crippen molar-refractivity contribution in [3.05, 3.63) is 77.2 Å². The smallest absolute Gasteiger partial charge is 0.259 e. The van der Waals surface area contributed by atoms with Gasteiger partial charge in [0.1, 0.15) is 12.4 Å². The fraction of sp³-hybridized carbons (Fsp3) is 0.261. The van der Waals surface area contributed by atoms with Gasteiger partial charge in [0.2, 0.25) is 0 Å². The molecule has 0 radical (unpaired) electrons. The van der Waals surface area contributed by atoms with Gasteiger partial charge >= 0.3 is 0 Å². The summed E-state index contributed by atoms with van der Waals surface area (Å²) in [7, 11) is 2.14. The van der Waals surface area contributed by atoms with Crippen LogP contribution in [0.5, 0.6) is 5.75 Å². The highest BCUT2D eigenvalue weighted by molar-refractivity contribution is 6.32. The van der Waals surface area contributed by atoms with Crippen molar-refractivity contribution in [1.29, 1.82) is 0 Å². The first-order chi connectivity index (χ1) is 14.6. The molecule has 1 fully saturated rings. The number of hydrogen-bond donors (Lipinski definition) is 1. The average Bonchev–Trinajstić information content (AvgIpc) is 3.23. The van der Waals surface area contributed by atoms with Gasteiger partial charge in [-0.05, 0) is 49.5 Å². The number of nitrogens with zero attached hydrogens (tertiary/aromatic N) is 2. The molecule has 2 heterocycles. The number of nitrogens with one attached hydrogen (secondary N) is 1. The van der Waals surface area contributed by atoms with Crippen LogP contribution in [-0.2, 0) is 6.61 Å². The topological polar surface area (TPSA) is 58.0 Å². The number of piperazine rings is 1. The van der Waals surface area contributed by atoms with Gasteiger partial charge in [-0.25, -0.2) is 0 Å². The van der Waals surface area contributed by atoms with E-state index >= 15 is 0 Å².